The van der Waals surface area contributed by atoms with Crippen LogP contribution in [-0.2, 0) is 9.53 Å². The molecule has 0 bridgehead atoms. The number of aromatic nitrogens is 2. The van der Waals surface area contributed by atoms with Crippen molar-refractivity contribution >= 4 is 35.3 Å². The summed E-state index contributed by atoms with van der Waals surface area (Å²) >= 11 is 7.66. The van der Waals surface area contributed by atoms with Crippen molar-refractivity contribution in [3.63, 3.8) is 0 Å². The predicted molar refractivity (Wildman–Crippen MR) is 118 cm³/mol. The quantitative estimate of drug-likeness (QED) is 0.408. The molecule has 0 aliphatic rings. The highest BCUT2D eigenvalue weighted by molar-refractivity contribution is 7.99. The number of benzene rings is 2. The average molecular weight is 445 g/mol. The Bertz CT molecular complexity index is 1010. The second-order valence-corrected chi connectivity index (χ2v) is 7.51. The Labute approximate surface area is 183 Å². The molecule has 3 amide bonds. The molecule has 0 saturated heterocycles. The zero-order chi connectivity index (χ0) is 21.3. The molecule has 0 fully saturated rings. The van der Waals surface area contributed by atoms with Crippen LogP contribution in [-0.4, -0.2) is 47.5 Å². The van der Waals surface area contributed by atoms with Crippen LogP contribution in [0.3, 0.4) is 0 Å². The summed E-state index contributed by atoms with van der Waals surface area (Å²) in [7, 11) is 1.53. The zero-order valence-electron chi connectivity index (χ0n) is 16.3. The standard InChI is InChI=1S/C21H21ClN4O3S/c1-29-12-11-23-20(28)25-19(27)14-30-21-24-13-18(15-7-3-2-4-8-15)26(21)17-10-6-5-9-16(17)22/h2-10,13H,11-12,14H2,1H3,(H2,23,25,27,28). The number of imidazole rings is 1. The number of amides is 3. The SMILES string of the molecule is COCCNC(=O)NC(=O)CSc1ncc(-c2ccccc2)n1-c1ccccc1Cl. The van der Waals surface area contributed by atoms with Crippen molar-refractivity contribution in [2.75, 3.05) is 26.0 Å². The van der Waals surface area contributed by atoms with E-state index in [-0.39, 0.29) is 5.75 Å². The molecule has 7 nitrogen and oxygen atoms in total. The number of methoxy groups -OCH3 is 1. The van der Waals surface area contributed by atoms with E-state index in [0.717, 1.165) is 16.9 Å². The van der Waals surface area contributed by atoms with Crippen LogP contribution in [0.25, 0.3) is 16.9 Å². The Kier molecular flexibility index (Phi) is 7.89. The summed E-state index contributed by atoms with van der Waals surface area (Å²) in [5, 5.41) is 5.99. The number of carbonyl (C=O) groups is 2. The van der Waals surface area contributed by atoms with Gasteiger partial charge < -0.3 is 10.1 Å². The van der Waals surface area contributed by atoms with Crippen LogP contribution in [0, 0.1) is 0 Å². The molecule has 0 radical (unpaired) electrons. The number of para-hydroxylation sites is 1. The van der Waals surface area contributed by atoms with Gasteiger partial charge in [0.05, 0.1) is 35.0 Å². The smallest absolute Gasteiger partial charge is 0.321 e. The number of urea groups is 1. The van der Waals surface area contributed by atoms with Crippen molar-refractivity contribution in [2.24, 2.45) is 0 Å². The van der Waals surface area contributed by atoms with Crippen LogP contribution in [0.1, 0.15) is 0 Å². The molecule has 3 aromatic rings. The van der Waals surface area contributed by atoms with Crippen molar-refractivity contribution in [3.05, 3.63) is 65.8 Å². The molecule has 156 valence electrons. The van der Waals surface area contributed by atoms with Gasteiger partial charge in [0.15, 0.2) is 5.16 Å². The van der Waals surface area contributed by atoms with Gasteiger partial charge in [-0.05, 0) is 12.1 Å². The summed E-state index contributed by atoms with van der Waals surface area (Å²) in [5.74, 6) is -0.405. The van der Waals surface area contributed by atoms with Gasteiger partial charge in [-0.15, -0.1) is 0 Å². The molecule has 2 N–H and O–H groups in total. The van der Waals surface area contributed by atoms with Gasteiger partial charge in [0.25, 0.3) is 0 Å². The van der Waals surface area contributed by atoms with E-state index in [1.807, 2.05) is 53.1 Å². The lowest BCUT2D eigenvalue weighted by molar-refractivity contribution is -0.117. The fraction of sp³-hybridized carbons (Fsp3) is 0.190. The van der Waals surface area contributed by atoms with Gasteiger partial charge in [-0.3, -0.25) is 14.7 Å². The first-order chi connectivity index (χ1) is 14.6. The highest BCUT2D eigenvalue weighted by Crippen LogP contribution is 2.32. The monoisotopic (exact) mass is 444 g/mol. The van der Waals surface area contributed by atoms with Gasteiger partial charge in [0.1, 0.15) is 0 Å². The molecule has 1 aromatic heterocycles. The highest BCUT2D eigenvalue weighted by Gasteiger charge is 2.17. The lowest BCUT2D eigenvalue weighted by Gasteiger charge is -2.13. The summed E-state index contributed by atoms with van der Waals surface area (Å²) < 4.78 is 6.76. The predicted octanol–water partition coefficient (Wildman–Crippen LogP) is 3.76. The average Bonchev–Trinajstić information content (AvgIpc) is 3.17. The molecule has 0 unspecified atom stereocenters. The molecular weight excluding hydrogens is 424 g/mol. The van der Waals surface area contributed by atoms with E-state index in [2.05, 4.69) is 15.6 Å². The van der Waals surface area contributed by atoms with E-state index in [4.69, 9.17) is 16.3 Å². The van der Waals surface area contributed by atoms with Gasteiger partial charge in [0, 0.05) is 19.2 Å². The Hall–Kier alpha value is -2.81. The third kappa shape index (κ3) is 5.63. The lowest BCUT2D eigenvalue weighted by Crippen LogP contribution is -2.41. The van der Waals surface area contributed by atoms with E-state index in [1.54, 1.807) is 12.3 Å². The number of ether oxygens (including phenoxy) is 1. The number of thioether (sulfide) groups is 1. The minimum atomic E-state index is -0.558. The third-order valence-corrected chi connectivity index (χ3v) is 5.34. The molecule has 0 spiro atoms. The zero-order valence-corrected chi connectivity index (χ0v) is 17.9. The Balaban J connectivity index is 1.79. The van der Waals surface area contributed by atoms with E-state index >= 15 is 0 Å². The summed E-state index contributed by atoms with van der Waals surface area (Å²) in [4.78, 5) is 28.4. The third-order valence-electron chi connectivity index (χ3n) is 4.07. The Morgan fingerprint density at radius 1 is 1.13 bits per heavy atom. The van der Waals surface area contributed by atoms with Crippen LogP contribution in [0.15, 0.2) is 66.0 Å². The number of hydrogen-bond donors (Lipinski definition) is 2. The Morgan fingerprint density at radius 3 is 2.60 bits per heavy atom. The molecule has 0 aliphatic heterocycles. The summed E-state index contributed by atoms with van der Waals surface area (Å²) in [6, 6.07) is 16.7. The van der Waals surface area contributed by atoms with E-state index in [0.29, 0.717) is 23.3 Å². The summed E-state index contributed by atoms with van der Waals surface area (Å²) in [5.41, 5.74) is 2.58. The number of halogens is 1. The molecule has 9 heteroatoms. The molecular formula is C21H21ClN4O3S. The van der Waals surface area contributed by atoms with Crippen LogP contribution >= 0.6 is 23.4 Å². The number of imide groups is 1. The molecule has 3 rings (SSSR count). The fourth-order valence-electron chi connectivity index (χ4n) is 2.72. The molecule has 0 aliphatic carbocycles. The van der Waals surface area contributed by atoms with Crippen LogP contribution in [0.4, 0.5) is 4.79 Å². The molecule has 30 heavy (non-hydrogen) atoms. The maximum atomic E-state index is 12.2. The van der Waals surface area contributed by atoms with Crippen molar-refractivity contribution in [3.8, 4) is 16.9 Å². The minimum absolute atomic E-state index is 0.0212. The number of carbonyl (C=O) groups excluding carboxylic acids is 2. The second kappa shape index (κ2) is 10.8. The number of nitrogens with one attached hydrogen (secondary N) is 2. The van der Waals surface area contributed by atoms with Crippen LogP contribution in [0.2, 0.25) is 5.02 Å². The summed E-state index contributed by atoms with van der Waals surface area (Å²) in [6.07, 6.45) is 1.75. The maximum absolute atomic E-state index is 12.2. The van der Waals surface area contributed by atoms with Crippen molar-refractivity contribution in [1.29, 1.82) is 0 Å². The normalized spacial score (nSPS) is 10.6. The van der Waals surface area contributed by atoms with Gasteiger partial charge in [-0.1, -0.05) is 65.8 Å². The lowest BCUT2D eigenvalue weighted by atomic mass is 10.1. The van der Waals surface area contributed by atoms with Gasteiger partial charge in [0.2, 0.25) is 5.91 Å². The van der Waals surface area contributed by atoms with E-state index in [9.17, 15) is 9.59 Å². The summed E-state index contributed by atoms with van der Waals surface area (Å²) in [6.45, 7) is 0.688. The number of nitrogens with zero attached hydrogens (tertiary/aromatic N) is 2. The fourth-order valence-corrected chi connectivity index (χ4v) is 3.72. The first-order valence-electron chi connectivity index (χ1n) is 9.17. The van der Waals surface area contributed by atoms with Crippen molar-refractivity contribution in [1.82, 2.24) is 20.2 Å². The number of hydrogen-bond acceptors (Lipinski definition) is 5. The van der Waals surface area contributed by atoms with E-state index < -0.39 is 11.9 Å². The number of rotatable bonds is 8. The van der Waals surface area contributed by atoms with Crippen LogP contribution < -0.4 is 10.6 Å². The first-order valence-corrected chi connectivity index (χ1v) is 10.5. The van der Waals surface area contributed by atoms with Gasteiger partial charge >= 0.3 is 6.03 Å². The largest absolute Gasteiger partial charge is 0.383 e. The minimum Gasteiger partial charge on any atom is -0.383 e. The molecule has 2 aromatic carbocycles. The molecule has 1 heterocycles. The van der Waals surface area contributed by atoms with Crippen LogP contribution in [0.5, 0.6) is 0 Å². The van der Waals surface area contributed by atoms with Crippen molar-refractivity contribution in [2.45, 2.75) is 5.16 Å². The van der Waals surface area contributed by atoms with Crippen molar-refractivity contribution < 1.29 is 14.3 Å². The first kappa shape index (κ1) is 21.9. The second-order valence-electron chi connectivity index (χ2n) is 6.16. The van der Waals surface area contributed by atoms with Gasteiger partial charge in [-0.25, -0.2) is 9.78 Å². The maximum Gasteiger partial charge on any atom is 0.321 e. The highest BCUT2D eigenvalue weighted by atomic mass is 35.5. The molecule has 0 saturated carbocycles. The Morgan fingerprint density at radius 2 is 1.87 bits per heavy atom. The molecule has 0 atom stereocenters. The topological polar surface area (TPSA) is 85.2 Å². The van der Waals surface area contributed by atoms with E-state index in [1.165, 1.54) is 18.9 Å². The van der Waals surface area contributed by atoms with Gasteiger partial charge in [-0.2, -0.15) is 0 Å².